The third-order valence-corrected chi connectivity index (χ3v) is 7.07. The average molecular weight is 286 g/mol. The van der Waals surface area contributed by atoms with Crippen LogP contribution in [0, 0.1) is 35.0 Å². The number of fused-ring (bicyclic) bond motifs is 3. The van der Waals surface area contributed by atoms with Gasteiger partial charge in [-0.25, -0.2) is 0 Å². The lowest BCUT2D eigenvalue weighted by molar-refractivity contribution is -0.115. The van der Waals surface area contributed by atoms with Crippen molar-refractivity contribution in [1.29, 1.82) is 0 Å². The number of ketones is 1. The molecule has 0 aromatic carbocycles. The van der Waals surface area contributed by atoms with E-state index >= 15 is 0 Å². The second-order valence-electron chi connectivity index (χ2n) is 8.07. The van der Waals surface area contributed by atoms with E-state index in [1.54, 1.807) is 0 Å². The van der Waals surface area contributed by atoms with Crippen molar-refractivity contribution in [2.45, 2.75) is 59.8 Å². The lowest BCUT2D eigenvalue weighted by atomic mass is 9.50. The minimum absolute atomic E-state index is 0.333. The molecular weight excluding hydrogens is 256 g/mol. The molecule has 0 amide bonds. The Hall–Kier alpha value is -0.850. The molecule has 3 unspecified atom stereocenters. The Bertz CT molecular complexity index is 484. The Balaban J connectivity index is 1.94. The molecule has 0 bridgehead atoms. The first kappa shape index (κ1) is 15.1. The fourth-order valence-corrected chi connectivity index (χ4v) is 5.48. The van der Waals surface area contributed by atoms with Crippen LogP contribution in [0.5, 0.6) is 0 Å². The molecule has 3 rings (SSSR count). The van der Waals surface area contributed by atoms with E-state index in [2.05, 4.69) is 39.8 Å². The van der Waals surface area contributed by atoms with Crippen LogP contribution in [-0.4, -0.2) is 5.78 Å². The fourth-order valence-electron chi connectivity index (χ4n) is 5.48. The summed E-state index contributed by atoms with van der Waals surface area (Å²) in [6, 6.07) is 0. The number of allylic oxidation sites excluding steroid dienone is 4. The van der Waals surface area contributed by atoms with Crippen LogP contribution in [0.25, 0.3) is 0 Å². The van der Waals surface area contributed by atoms with Gasteiger partial charge in [0, 0.05) is 6.42 Å². The summed E-state index contributed by atoms with van der Waals surface area (Å²) in [6.45, 7) is 9.70. The van der Waals surface area contributed by atoms with Crippen molar-refractivity contribution in [2.24, 2.45) is 35.0 Å². The highest BCUT2D eigenvalue weighted by atomic mass is 16.1. The summed E-state index contributed by atoms with van der Waals surface area (Å²) in [4.78, 5) is 11.7. The summed E-state index contributed by atoms with van der Waals surface area (Å²) in [5, 5.41) is 0. The number of carbonyl (C=O) groups is 1. The first-order chi connectivity index (χ1) is 9.97. The minimum atomic E-state index is 0.333. The van der Waals surface area contributed by atoms with Crippen molar-refractivity contribution >= 4 is 5.78 Å². The first-order valence-electron chi connectivity index (χ1n) is 8.90. The molecule has 5 atom stereocenters. The SMILES string of the molecule is CCC1C2C=CC3=CC(=O)CC[C@H]3C2CC[C@]1(C)C(C)C. The fraction of sp³-hybridized carbons (Fsp3) is 0.750. The van der Waals surface area contributed by atoms with Crippen LogP contribution < -0.4 is 0 Å². The zero-order chi connectivity index (χ0) is 15.2. The minimum Gasteiger partial charge on any atom is -0.295 e. The highest BCUT2D eigenvalue weighted by Gasteiger charge is 2.49. The largest absolute Gasteiger partial charge is 0.295 e. The standard InChI is InChI=1S/C20H30O/c1-5-19-18-8-6-14-12-15(21)7-9-16(14)17(18)10-11-20(19,4)13(2)3/h6,8,12-13,16-19H,5,7,9-11H2,1-4H3/t16-,17?,18?,19?,20-/m1/s1. The van der Waals surface area contributed by atoms with Crippen molar-refractivity contribution in [3.63, 3.8) is 0 Å². The van der Waals surface area contributed by atoms with Crippen LogP contribution >= 0.6 is 0 Å². The predicted molar refractivity (Wildman–Crippen MR) is 87.9 cm³/mol. The monoisotopic (exact) mass is 286 g/mol. The van der Waals surface area contributed by atoms with E-state index < -0.39 is 0 Å². The Morgan fingerprint density at radius 3 is 2.76 bits per heavy atom. The van der Waals surface area contributed by atoms with E-state index in [0.29, 0.717) is 17.1 Å². The summed E-state index contributed by atoms with van der Waals surface area (Å²) in [7, 11) is 0. The molecule has 1 heteroatoms. The second-order valence-corrected chi connectivity index (χ2v) is 8.07. The van der Waals surface area contributed by atoms with E-state index in [1.807, 2.05) is 6.08 Å². The van der Waals surface area contributed by atoms with Gasteiger partial charge in [0.05, 0.1) is 0 Å². The zero-order valence-corrected chi connectivity index (χ0v) is 14.1. The zero-order valence-electron chi connectivity index (χ0n) is 14.1. The van der Waals surface area contributed by atoms with Crippen LogP contribution in [0.4, 0.5) is 0 Å². The Morgan fingerprint density at radius 1 is 1.33 bits per heavy atom. The molecule has 0 N–H and O–H groups in total. The van der Waals surface area contributed by atoms with Gasteiger partial charge in [0.15, 0.2) is 5.78 Å². The maximum Gasteiger partial charge on any atom is 0.155 e. The van der Waals surface area contributed by atoms with Crippen LogP contribution in [0.2, 0.25) is 0 Å². The summed E-state index contributed by atoms with van der Waals surface area (Å²) < 4.78 is 0. The van der Waals surface area contributed by atoms with E-state index in [-0.39, 0.29) is 0 Å². The normalized spacial score (nSPS) is 42.5. The molecule has 21 heavy (non-hydrogen) atoms. The maximum atomic E-state index is 11.7. The lowest BCUT2D eigenvalue weighted by Gasteiger charge is -2.54. The molecule has 0 aliphatic heterocycles. The predicted octanol–water partition coefficient (Wildman–Crippen LogP) is 5.18. The molecule has 1 saturated carbocycles. The summed E-state index contributed by atoms with van der Waals surface area (Å²) in [5.41, 5.74) is 1.81. The van der Waals surface area contributed by atoms with Crippen molar-refractivity contribution < 1.29 is 4.79 Å². The molecule has 1 fully saturated rings. The van der Waals surface area contributed by atoms with Gasteiger partial charge in [-0.1, -0.05) is 46.3 Å². The van der Waals surface area contributed by atoms with Crippen molar-refractivity contribution in [2.75, 3.05) is 0 Å². The van der Waals surface area contributed by atoms with Gasteiger partial charge < -0.3 is 0 Å². The molecule has 0 aromatic heterocycles. The molecule has 3 aliphatic rings. The quantitative estimate of drug-likeness (QED) is 0.684. The van der Waals surface area contributed by atoms with Gasteiger partial charge in [-0.05, 0) is 65.9 Å². The molecule has 0 saturated heterocycles. The van der Waals surface area contributed by atoms with E-state index in [9.17, 15) is 4.79 Å². The number of hydrogen-bond acceptors (Lipinski definition) is 1. The van der Waals surface area contributed by atoms with Gasteiger partial charge in [0.1, 0.15) is 0 Å². The summed E-state index contributed by atoms with van der Waals surface area (Å²) >= 11 is 0. The Labute approximate surface area is 129 Å². The molecule has 0 heterocycles. The van der Waals surface area contributed by atoms with Crippen LogP contribution in [0.15, 0.2) is 23.8 Å². The molecular formula is C20H30O. The van der Waals surface area contributed by atoms with Crippen molar-refractivity contribution in [3.8, 4) is 0 Å². The van der Waals surface area contributed by atoms with Gasteiger partial charge in [0.2, 0.25) is 0 Å². The molecule has 0 spiro atoms. The van der Waals surface area contributed by atoms with Gasteiger partial charge in [-0.3, -0.25) is 4.79 Å². The Morgan fingerprint density at radius 2 is 2.10 bits per heavy atom. The lowest BCUT2D eigenvalue weighted by Crippen LogP contribution is -2.47. The van der Waals surface area contributed by atoms with Gasteiger partial charge in [0.25, 0.3) is 0 Å². The number of rotatable bonds is 2. The van der Waals surface area contributed by atoms with E-state index in [0.717, 1.165) is 36.5 Å². The van der Waals surface area contributed by atoms with Gasteiger partial charge in [-0.2, -0.15) is 0 Å². The molecule has 0 radical (unpaired) electrons. The van der Waals surface area contributed by atoms with E-state index in [1.165, 1.54) is 24.8 Å². The highest BCUT2D eigenvalue weighted by molar-refractivity contribution is 5.91. The Kier molecular flexibility index (Phi) is 3.88. The van der Waals surface area contributed by atoms with Crippen molar-refractivity contribution in [1.82, 2.24) is 0 Å². The number of carbonyl (C=O) groups excluding carboxylic acids is 1. The average Bonchev–Trinajstić information content (AvgIpc) is 2.46. The smallest absolute Gasteiger partial charge is 0.155 e. The number of hydrogen-bond donors (Lipinski definition) is 0. The van der Waals surface area contributed by atoms with Crippen molar-refractivity contribution in [3.05, 3.63) is 23.8 Å². The molecule has 0 aromatic rings. The van der Waals surface area contributed by atoms with Crippen LogP contribution in [0.1, 0.15) is 59.8 Å². The topological polar surface area (TPSA) is 17.1 Å². The summed E-state index contributed by atoms with van der Waals surface area (Å²) in [6.07, 6.45) is 12.5. The summed E-state index contributed by atoms with van der Waals surface area (Å²) in [5.74, 6) is 4.05. The van der Waals surface area contributed by atoms with Gasteiger partial charge >= 0.3 is 0 Å². The molecule has 116 valence electrons. The first-order valence-corrected chi connectivity index (χ1v) is 8.90. The van der Waals surface area contributed by atoms with Crippen LogP contribution in [0.3, 0.4) is 0 Å². The second kappa shape index (κ2) is 5.41. The van der Waals surface area contributed by atoms with E-state index in [4.69, 9.17) is 0 Å². The third-order valence-electron chi connectivity index (χ3n) is 7.07. The molecule has 3 aliphatic carbocycles. The highest BCUT2D eigenvalue weighted by Crippen LogP contribution is 2.57. The maximum absolute atomic E-state index is 11.7. The molecule has 1 nitrogen and oxygen atoms in total. The third kappa shape index (κ3) is 2.33. The van der Waals surface area contributed by atoms with Gasteiger partial charge in [-0.15, -0.1) is 0 Å². The van der Waals surface area contributed by atoms with Crippen LogP contribution in [-0.2, 0) is 4.79 Å².